The number of benzene rings is 2. The van der Waals surface area contributed by atoms with E-state index in [1.807, 2.05) is 25.1 Å². The van der Waals surface area contributed by atoms with E-state index < -0.39 is 0 Å². The van der Waals surface area contributed by atoms with Crippen LogP contribution in [0.25, 0.3) is 0 Å². The summed E-state index contributed by atoms with van der Waals surface area (Å²) in [4.78, 5) is 0. The van der Waals surface area contributed by atoms with Crippen LogP contribution in [0.3, 0.4) is 0 Å². The summed E-state index contributed by atoms with van der Waals surface area (Å²) in [5.74, 6) is 1.27. The molecule has 1 atom stereocenters. The van der Waals surface area contributed by atoms with Crippen molar-refractivity contribution < 1.29 is 4.74 Å². The number of halogens is 3. The Balaban J connectivity index is 2.35. The molecule has 20 heavy (non-hydrogen) atoms. The maximum absolute atomic E-state index is 6.14. The molecule has 5 heteroatoms. The monoisotopic (exact) mass is 373 g/mol. The van der Waals surface area contributed by atoms with E-state index in [1.165, 1.54) is 0 Å². The largest absolute Gasteiger partial charge is 0.455 e. The zero-order valence-corrected chi connectivity index (χ0v) is 14.0. The van der Waals surface area contributed by atoms with Crippen molar-refractivity contribution in [3.05, 3.63) is 56.5 Å². The van der Waals surface area contributed by atoms with E-state index in [0.717, 1.165) is 15.8 Å². The van der Waals surface area contributed by atoms with Crippen molar-refractivity contribution in [2.45, 2.75) is 19.4 Å². The SMILES string of the molecule is CC(N)Cc1cc(Br)ccc1Oc1cccc(Cl)c1Cl. The molecule has 2 aromatic rings. The summed E-state index contributed by atoms with van der Waals surface area (Å²) >= 11 is 15.6. The molecule has 0 fully saturated rings. The molecule has 0 aliphatic carbocycles. The lowest BCUT2D eigenvalue weighted by Crippen LogP contribution is -2.18. The van der Waals surface area contributed by atoms with Crippen molar-refractivity contribution in [3.63, 3.8) is 0 Å². The van der Waals surface area contributed by atoms with Crippen LogP contribution in [0.15, 0.2) is 40.9 Å². The van der Waals surface area contributed by atoms with Crippen LogP contribution in [0.4, 0.5) is 0 Å². The molecular weight excluding hydrogens is 361 g/mol. The number of hydrogen-bond donors (Lipinski definition) is 1. The van der Waals surface area contributed by atoms with E-state index >= 15 is 0 Å². The molecule has 2 N–H and O–H groups in total. The number of ether oxygens (including phenoxy) is 1. The fraction of sp³-hybridized carbons (Fsp3) is 0.200. The molecule has 0 amide bonds. The molecule has 0 aromatic heterocycles. The molecule has 0 heterocycles. The Morgan fingerprint density at radius 1 is 1.20 bits per heavy atom. The Morgan fingerprint density at radius 2 is 1.95 bits per heavy atom. The van der Waals surface area contributed by atoms with Crippen molar-refractivity contribution in [2.75, 3.05) is 0 Å². The third-order valence-electron chi connectivity index (χ3n) is 2.70. The lowest BCUT2D eigenvalue weighted by molar-refractivity contribution is 0.474. The third-order valence-corrected chi connectivity index (χ3v) is 4.00. The minimum absolute atomic E-state index is 0.0430. The second-order valence-electron chi connectivity index (χ2n) is 4.59. The summed E-state index contributed by atoms with van der Waals surface area (Å²) in [6.07, 6.45) is 0.715. The van der Waals surface area contributed by atoms with Crippen LogP contribution in [0.2, 0.25) is 10.0 Å². The maximum Gasteiger partial charge on any atom is 0.147 e. The van der Waals surface area contributed by atoms with Gasteiger partial charge in [0.15, 0.2) is 0 Å². The third kappa shape index (κ3) is 3.89. The quantitative estimate of drug-likeness (QED) is 0.773. The zero-order chi connectivity index (χ0) is 14.7. The average molecular weight is 375 g/mol. The molecule has 0 aliphatic rings. The van der Waals surface area contributed by atoms with Crippen LogP contribution in [-0.4, -0.2) is 6.04 Å². The fourth-order valence-corrected chi connectivity index (χ4v) is 2.57. The molecule has 2 nitrogen and oxygen atoms in total. The van der Waals surface area contributed by atoms with E-state index in [4.69, 9.17) is 33.7 Å². The van der Waals surface area contributed by atoms with Gasteiger partial charge in [0.25, 0.3) is 0 Å². The van der Waals surface area contributed by atoms with Crippen LogP contribution >= 0.6 is 39.1 Å². The van der Waals surface area contributed by atoms with Crippen LogP contribution in [-0.2, 0) is 6.42 Å². The highest BCUT2D eigenvalue weighted by Crippen LogP contribution is 2.36. The molecule has 0 bridgehead atoms. The summed E-state index contributed by atoms with van der Waals surface area (Å²) in [7, 11) is 0. The first-order valence-electron chi connectivity index (χ1n) is 6.13. The van der Waals surface area contributed by atoms with Crippen molar-refractivity contribution in [2.24, 2.45) is 5.73 Å². The summed E-state index contributed by atoms with van der Waals surface area (Å²) in [6, 6.07) is 11.1. The summed E-state index contributed by atoms with van der Waals surface area (Å²) in [5.41, 5.74) is 6.89. The van der Waals surface area contributed by atoms with Gasteiger partial charge in [-0.05, 0) is 49.2 Å². The van der Waals surface area contributed by atoms with Gasteiger partial charge in [0.1, 0.15) is 16.5 Å². The standard InChI is InChI=1S/C15H14BrCl2NO/c1-9(19)7-10-8-11(16)5-6-13(10)20-14-4-2-3-12(17)15(14)18/h2-6,8-9H,7,19H2,1H3. The van der Waals surface area contributed by atoms with Gasteiger partial charge in [-0.25, -0.2) is 0 Å². The van der Waals surface area contributed by atoms with Gasteiger partial charge in [-0.2, -0.15) is 0 Å². The second-order valence-corrected chi connectivity index (χ2v) is 6.29. The van der Waals surface area contributed by atoms with Crippen LogP contribution in [0.1, 0.15) is 12.5 Å². The molecule has 0 aliphatic heterocycles. The van der Waals surface area contributed by atoms with Crippen molar-refractivity contribution in [1.82, 2.24) is 0 Å². The van der Waals surface area contributed by atoms with Gasteiger partial charge in [0.2, 0.25) is 0 Å². The summed E-state index contributed by atoms with van der Waals surface area (Å²) in [6.45, 7) is 1.96. The van der Waals surface area contributed by atoms with E-state index in [0.29, 0.717) is 22.2 Å². The molecular formula is C15H14BrCl2NO. The molecule has 2 rings (SSSR count). The molecule has 106 valence electrons. The summed E-state index contributed by atoms with van der Waals surface area (Å²) < 4.78 is 6.87. The predicted octanol–water partition coefficient (Wildman–Crippen LogP) is 5.44. The van der Waals surface area contributed by atoms with Gasteiger partial charge in [-0.1, -0.05) is 45.2 Å². The second kappa shape index (κ2) is 6.81. The molecule has 0 radical (unpaired) electrons. The highest BCUT2D eigenvalue weighted by molar-refractivity contribution is 9.10. The topological polar surface area (TPSA) is 35.2 Å². The molecule has 2 aromatic carbocycles. The van der Waals surface area contributed by atoms with Gasteiger partial charge in [-0.3, -0.25) is 0 Å². The molecule has 1 unspecified atom stereocenters. The molecule has 0 saturated heterocycles. The zero-order valence-electron chi connectivity index (χ0n) is 10.9. The highest BCUT2D eigenvalue weighted by atomic mass is 79.9. The minimum Gasteiger partial charge on any atom is -0.455 e. The van der Waals surface area contributed by atoms with Gasteiger partial charge < -0.3 is 10.5 Å². The first-order chi connectivity index (χ1) is 9.47. The lowest BCUT2D eigenvalue weighted by Gasteiger charge is -2.14. The van der Waals surface area contributed by atoms with Crippen LogP contribution in [0, 0.1) is 0 Å². The van der Waals surface area contributed by atoms with Gasteiger partial charge in [-0.15, -0.1) is 0 Å². The Morgan fingerprint density at radius 3 is 2.65 bits per heavy atom. The maximum atomic E-state index is 6.14. The van der Waals surface area contributed by atoms with E-state index in [1.54, 1.807) is 18.2 Å². The Kier molecular flexibility index (Phi) is 5.33. The average Bonchev–Trinajstić information content (AvgIpc) is 2.37. The predicted molar refractivity (Wildman–Crippen MR) is 88.0 cm³/mol. The normalized spacial score (nSPS) is 12.2. The number of nitrogens with two attached hydrogens (primary N) is 1. The van der Waals surface area contributed by atoms with E-state index in [2.05, 4.69) is 15.9 Å². The van der Waals surface area contributed by atoms with E-state index in [9.17, 15) is 0 Å². The van der Waals surface area contributed by atoms with Crippen LogP contribution in [0.5, 0.6) is 11.5 Å². The fourth-order valence-electron chi connectivity index (χ4n) is 1.84. The van der Waals surface area contributed by atoms with Crippen LogP contribution < -0.4 is 10.5 Å². The number of rotatable bonds is 4. The highest BCUT2D eigenvalue weighted by Gasteiger charge is 2.11. The Hall–Kier alpha value is -0.740. The van der Waals surface area contributed by atoms with E-state index in [-0.39, 0.29) is 6.04 Å². The lowest BCUT2D eigenvalue weighted by atomic mass is 10.1. The van der Waals surface area contributed by atoms with Gasteiger partial charge in [0.05, 0.1) is 5.02 Å². The molecule has 0 saturated carbocycles. The number of hydrogen-bond acceptors (Lipinski definition) is 2. The van der Waals surface area contributed by atoms with Crippen molar-refractivity contribution >= 4 is 39.1 Å². The Labute approximate surface area is 137 Å². The van der Waals surface area contributed by atoms with Gasteiger partial charge in [0, 0.05) is 10.5 Å². The first-order valence-corrected chi connectivity index (χ1v) is 7.68. The summed E-state index contributed by atoms with van der Waals surface area (Å²) in [5, 5.41) is 0.874. The first kappa shape index (κ1) is 15.6. The van der Waals surface area contributed by atoms with Crippen molar-refractivity contribution in [1.29, 1.82) is 0 Å². The molecule has 0 spiro atoms. The minimum atomic E-state index is 0.0430. The van der Waals surface area contributed by atoms with Crippen molar-refractivity contribution in [3.8, 4) is 11.5 Å². The smallest absolute Gasteiger partial charge is 0.147 e. The Bertz CT molecular complexity index is 617. The van der Waals surface area contributed by atoms with Gasteiger partial charge >= 0.3 is 0 Å².